The Hall–Kier alpha value is -1.03. The first-order valence-corrected chi connectivity index (χ1v) is 5.64. The van der Waals surface area contributed by atoms with Crippen molar-refractivity contribution in [2.45, 2.75) is 31.8 Å². The molecule has 5 heteroatoms. The summed E-state index contributed by atoms with van der Waals surface area (Å²) in [5.41, 5.74) is -0.155. The first-order chi connectivity index (χ1) is 7.21. The summed E-state index contributed by atoms with van der Waals surface area (Å²) in [5.74, 6) is 0.937. The molecule has 1 N–H and O–H groups in total. The number of halogens is 1. The van der Waals surface area contributed by atoms with Gasteiger partial charge in [-0.3, -0.25) is 4.79 Å². The van der Waals surface area contributed by atoms with Gasteiger partial charge in [0.15, 0.2) is 5.82 Å². The number of hydrogen-bond acceptors (Lipinski definition) is 3. The molecule has 0 atom stereocenters. The molecule has 0 aliphatic heterocycles. The van der Waals surface area contributed by atoms with E-state index in [-0.39, 0.29) is 11.1 Å². The maximum Gasteiger partial charge on any atom is 0.293 e. The Morgan fingerprint density at radius 1 is 1.67 bits per heavy atom. The van der Waals surface area contributed by atoms with E-state index in [2.05, 4.69) is 10.3 Å². The summed E-state index contributed by atoms with van der Waals surface area (Å²) < 4.78 is 1.62. The van der Waals surface area contributed by atoms with Crippen LogP contribution in [-0.4, -0.2) is 21.0 Å². The first kappa shape index (κ1) is 10.5. The SMILES string of the molecule is CCn1ccnc(NC2(CCl)CC2)c1=O. The maximum absolute atomic E-state index is 11.8. The lowest BCUT2D eigenvalue weighted by atomic mass is 10.3. The molecule has 1 aliphatic carbocycles. The Labute approximate surface area is 93.3 Å². The fraction of sp³-hybridized carbons (Fsp3) is 0.600. The summed E-state index contributed by atoms with van der Waals surface area (Å²) >= 11 is 5.83. The maximum atomic E-state index is 11.8. The molecule has 0 radical (unpaired) electrons. The number of nitrogens with zero attached hydrogens (tertiary/aromatic N) is 2. The van der Waals surface area contributed by atoms with Crippen molar-refractivity contribution < 1.29 is 0 Å². The van der Waals surface area contributed by atoms with Gasteiger partial charge in [0.25, 0.3) is 5.56 Å². The minimum Gasteiger partial charge on any atom is -0.359 e. The lowest BCUT2D eigenvalue weighted by Crippen LogP contribution is -2.31. The van der Waals surface area contributed by atoms with Crippen LogP contribution >= 0.6 is 11.6 Å². The molecule has 0 unspecified atom stereocenters. The van der Waals surface area contributed by atoms with E-state index in [1.807, 2.05) is 6.92 Å². The van der Waals surface area contributed by atoms with E-state index in [0.717, 1.165) is 12.8 Å². The standard InChI is InChI=1S/C10H14ClN3O/c1-2-14-6-5-12-8(9(14)15)13-10(7-11)3-4-10/h5-6H,2-4,7H2,1H3,(H,12,13). The molecule has 2 rings (SSSR count). The van der Waals surface area contributed by atoms with E-state index < -0.39 is 0 Å². The average Bonchev–Trinajstić information content (AvgIpc) is 3.02. The van der Waals surface area contributed by atoms with Gasteiger partial charge in [-0.2, -0.15) is 0 Å². The zero-order chi connectivity index (χ0) is 10.9. The summed E-state index contributed by atoms with van der Waals surface area (Å²) in [6, 6.07) is 0. The van der Waals surface area contributed by atoms with Gasteiger partial charge in [-0.05, 0) is 19.8 Å². The second kappa shape index (κ2) is 3.85. The van der Waals surface area contributed by atoms with Gasteiger partial charge in [-0.15, -0.1) is 11.6 Å². The topological polar surface area (TPSA) is 46.9 Å². The van der Waals surface area contributed by atoms with E-state index in [0.29, 0.717) is 18.2 Å². The second-order valence-corrected chi connectivity index (χ2v) is 4.17. The van der Waals surface area contributed by atoms with E-state index in [9.17, 15) is 4.79 Å². The summed E-state index contributed by atoms with van der Waals surface area (Å²) in [6.07, 6.45) is 5.35. The van der Waals surface area contributed by atoms with Gasteiger partial charge in [0, 0.05) is 24.8 Å². The summed E-state index contributed by atoms with van der Waals surface area (Å²) in [6.45, 7) is 2.59. The van der Waals surface area contributed by atoms with E-state index in [4.69, 9.17) is 11.6 Å². The number of aromatic nitrogens is 2. The Balaban J connectivity index is 2.25. The molecule has 1 saturated carbocycles. The third-order valence-electron chi connectivity index (χ3n) is 2.75. The normalized spacial score (nSPS) is 17.5. The highest BCUT2D eigenvalue weighted by atomic mass is 35.5. The zero-order valence-electron chi connectivity index (χ0n) is 8.66. The van der Waals surface area contributed by atoms with Crippen molar-refractivity contribution in [2.75, 3.05) is 11.2 Å². The number of aryl methyl sites for hydroxylation is 1. The molecular formula is C10H14ClN3O. The fourth-order valence-corrected chi connectivity index (χ4v) is 1.81. The van der Waals surface area contributed by atoms with Crippen LogP contribution < -0.4 is 10.9 Å². The van der Waals surface area contributed by atoms with Gasteiger partial charge < -0.3 is 9.88 Å². The van der Waals surface area contributed by atoms with Crippen LogP contribution in [0.3, 0.4) is 0 Å². The highest BCUT2D eigenvalue weighted by molar-refractivity contribution is 6.19. The van der Waals surface area contributed by atoms with Crippen LogP contribution in [0.1, 0.15) is 19.8 Å². The zero-order valence-corrected chi connectivity index (χ0v) is 9.42. The van der Waals surface area contributed by atoms with Crippen molar-refractivity contribution in [3.63, 3.8) is 0 Å². The molecule has 1 aromatic rings. The number of nitrogens with one attached hydrogen (secondary N) is 1. The summed E-state index contributed by atoms with van der Waals surface area (Å²) in [7, 11) is 0. The van der Waals surface area contributed by atoms with Gasteiger partial charge in [0.1, 0.15) is 0 Å². The molecule has 1 aliphatic rings. The van der Waals surface area contributed by atoms with Crippen LogP contribution in [0.5, 0.6) is 0 Å². The highest BCUT2D eigenvalue weighted by Crippen LogP contribution is 2.38. The van der Waals surface area contributed by atoms with Crippen LogP contribution in [0.25, 0.3) is 0 Å². The molecule has 0 amide bonds. The Kier molecular flexibility index (Phi) is 2.69. The van der Waals surface area contributed by atoms with Crippen molar-refractivity contribution in [3.05, 3.63) is 22.7 Å². The molecule has 1 fully saturated rings. The summed E-state index contributed by atoms with van der Waals surface area (Å²) in [5, 5.41) is 3.15. The number of anilines is 1. The lowest BCUT2D eigenvalue weighted by molar-refractivity contribution is 0.711. The molecule has 1 aromatic heterocycles. The van der Waals surface area contributed by atoms with E-state index in [1.54, 1.807) is 17.0 Å². The molecule has 4 nitrogen and oxygen atoms in total. The lowest BCUT2D eigenvalue weighted by Gasteiger charge is -2.14. The highest BCUT2D eigenvalue weighted by Gasteiger charge is 2.42. The quantitative estimate of drug-likeness (QED) is 0.792. The molecule has 0 bridgehead atoms. The molecule has 0 saturated heterocycles. The minimum atomic E-state index is -0.0827. The molecule has 0 spiro atoms. The first-order valence-electron chi connectivity index (χ1n) is 5.10. The number of alkyl halides is 1. The number of hydrogen-bond donors (Lipinski definition) is 1. The Morgan fingerprint density at radius 3 is 2.93 bits per heavy atom. The smallest absolute Gasteiger partial charge is 0.293 e. The molecule has 15 heavy (non-hydrogen) atoms. The van der Waals surface area contributed by atoms with Crippen molar-refractivity contribution in [3.8, 4) is 0 Å². The predicted octanol–water partition coefficient (Wildman–Crippen LogP) is 1.45. The Bertz CT molecular complexity index is 411. The minimum absolute atomic E-state index is 0.0728. The fourth-order valence-electron chi connectivity index (χ4n) is 1.48. The van der Waals surface area contributed by atoms with Gasteiger partial charge in [-0.1, -0.05) is 0 Å². The van der Waals surface area contributed by atoms with Crippen LogP contribution in [0.15, 0.2) is 17.2 Å². The van der Waals surface area contributed by atoms with Gasteiger partial charge in [-0.25, -0.2) is 4.98 Å². The number of rotatable bonds is 4. The van der Waals surface area contributed by atoms with Crippen molar-refractivity contribution >= 4 is 17.4 Å². The molecular weight excluding hydrogens is 214 g/mol. The van der Waals surface area contributed by atoms with Gasteiger partial charge in [0.2, 0.25) is 0 Å². The molecule has 1 heterocycles. The average molecular weight is 228 g/mol. The second-order valence-electron chi connectivity index (χ2n) is 3.91. The van der Waals surface area contributed by atoms with E-state index in [1.165, 1.54) is 0 Å². The Morgan fingerprint density at radius 2 is 2.40 bits per heavy atom. The monoisotopic (exact) mass is 227 g/mol. The van der Waals surface area contributed by atoms with Crippen LogP contribution in [0, 0.1) is 0 Å². The van der Waals surface area contributed by atoms with Crippen molar-refractivity contribution in [1.29, 1.82) is 0 Å². The summed E-state index contributed by atoms with van der Waals surface area (Å²) in [4.78, 5) is 15.9. The third-order valence-corrected chi connectivity index (χ3v) is 3.26. The van der Waals surface area contributed by atoms with Crippen LogP contribution in [-0.2, 0) is 6.54 Å². The van der Waals surface area contributed by atoms with Crippen molar-refractivity contribution in [1.82, 2.24) is 9.55 Å². The van der Waals surface area contributed by atoms with Crippen molar-refractivity contribution in [2.24, 2.45) is 0 Å². The van der Waals surface area contributed by atoms with E-state index >= 15 is 0 Å². The van der Waals surface area contributed by atoms with Gasteiger partial charge in [0.05, 0.1) is 5.54 Å². The van der Waals surface area contributed by atoms with Gasteiger partial charge >= 0.3 is 0 Å². The third kappa shape index (κ3) is 2.00. The molecule has 0 aromatic carbocycles. The largest absolute Gasteiger partial charge is 0.359 e. The van der Waals surface area contributed by atoms with Crippen LogP contribution in [0.4, 0.5) is 5.82 Å². The van der Waals surface area contributed by atoms with Crippen LogP contribution in [0.2, 0.25) is 0 Å². The molecule has 82 valence electrons. The predicted molar refractivity (Wildman–Crippen MR) is 60.5 cm³/mol.